The quantitative estimate of drug-likeness (QED) is 0.781. The van der Waals surface area contributed by atoms with Gasteiger partial charge in [-0.05, 0) is 49.2 Å². The average molecular weight is 310 g/mol. The number of nitrogens with zero attached hydrogens (tertiary/aromatic N) is 1. The molecule has 4 rings (SSSR count). The zero-order chi connectivity index (χ0) is 15.8. The number of carbonyl (C=O) groups is 1. The van der Waals surface area contributed by atoms with E-state index in [-0.39, 0.29) is 17.4 Å². The van der Waals surface area contributed by atoms with E-state index >= 15 is 0 Å². The van der Waals surface area contributed by atoms with E-state index in [2.05, 4.69) is 10.3 Å². The maximum absolute atomic E-state index is 13.7. The molecule has 0 unspecified atom stereocenters. The normalized spacial score (nSPS) is 14.7. The van der Waals surface area contributed by atoms with Crippen molar-refractivity contribution in [2.45, 2.75) is 19.3 Å². The summed E-state index contributed by atoms with van der Waals surface area (Å²) in [7, 11) is 0. The third-order valence-electron chi connectivity index (χ3n) is 4.24. The summed E-state index contributed by atoms with van der Waals surface area (Å²) in [5.74, 6) is 0.162. The highest BCUT2D eigenvalue weighted by molar-refractivity contribution is 5.93. The number of benzene rings is 2. The van der Waals surface area contributed by atoms with Crippen molar-refractivity contribution in [2.75, 3.05) is 5.32 Å². The van der Waals surface area contributed by atoms with Gasteiger partial charge in [-0.15, -0.1) is 0 Å². The maximum Gasteiger partial charge on any atom is 0.227 e. The molecule has 1 N–H and O–H groups in total. The van der Waals surface area contributed by atoms with Gasteiger partial charge in [-0.2, -0.15) is 0 Å². The first-order valence-electron chi connectivity index (χ1n) is 7.67. The molecule has 1 aliphatic carbocycles. The lowest BCUT2D eigenvalue weighted by Crippen LogP contribution is -2.27. The standard InChI is InChI=1S/C18H15FN2O2/c19-14-5-2-6-15-16(14)23-18(21-15)12-7-9-13(10-8-12)20-17(22)11-3-1-4-11/h2,5-11H,1,3-4H2,(H,20,22). The summed E-state index contributed by atoms with van der Waals surface area (Å²) in [4.78, 5) is 16.2. The van der Waals surface area contributed by atoms with Crippen LogP contribution in [-0.4, -0.2) is 10.9 Å². The van der Waals surface area contributed by atoms with Crippen LogP contribution in [0.3, 0.4) is 0 Å². The Bertz CT molecular complexity index is 866. The summed E-state index contributed by atoms with van der Waals surface area (Å²) in [5, 5.41) is 2.91. The molecule has 0 aliphatic heterocycles. The van der Waals surface area contributed by atoms with Gasteiger partial charge < -0.3 is 9.73 Å². The topological polar surface area (TPSA) is 55.1 Å². The number of fused-ring (bicyclic) bond motifs is 1. The molecule has 1 amide bonds. The highest BCUT2D eigenvalue weighted by Gasteiger charge is 2.25. The summed E-state index contributed by atoms with van der Waals surface area (Å²) in [6, 6.07) is 11.9. The third kappa shape index (κ3) is 2.59. The van der Waals surface area contributed by atoms with Gasteiger partial charge in [-0.3, -0.25) is 4.79 Å². The largest absolute Gasteiger partial charge is 0.433 e. The summed E-state index contributed by atoms with van der Waals surface area (Å²) in [6.45, 7) is 0. The fraction of sp³-hybridized carbons (Fsp3) is 0.222. The second-order valence-corrected chi connectivity index (χ2v) is 5.80. The minimum Gasteiger partial charge on any atom is -0.433 e. The number of oxazole rings is 1. The second-order valence-electron chi connectivity index (χ2n) is 5.80. The molecule has 1 saturated carbocycles. The number of aromatic nitrogens is 1. The molecule has 1 aromatic heterocycles. The first-order chi connectivity index (χ1) is 11.2. The number of rotatable bonds is 3. The van der Waals surface area contributed by atoms with Gasteiger partial charge in [0.15, 0.2) is 11.4 Å². The Morgan fingerprint density at radius 1 is 1.17 bits per heavy atom. The molecule has 1 aliphatic rings. The lowest BCUT2D eigenvalue weighted by Gasteiger charge is -2.24. The van der Waals surface area contributed by atoms with Gasteiger partial charge in [0.25, 0.3) is 0 Å². The van der Waals surface area contributed by atoms with Gasteiger partial charge in [0, 0.05) is 17.2 Å². The lowest BCUT2D eigenvalue weighted by molar-refractivity contribution is -0.122. The Hall–Kier alpha value is -2.69. The van der Waals surface area contributed by atoms with Crippen LogP contribution in [0.15, 0.2) is 46.9 Å². The number of nitrogens with one attached hydrogen (secondary N) is 1. The molecule has 0 atom stereocenters. The van der Waals surface area contributed by atoms with Crippen LogP contribution < -0.4 is 5.32 Å². The number of amides is 1. The number of halogens is 1. The van der Waals surface area contributed by atoms with E-state index in [0.29, 0.717) is 11.4 Å². The Morgan fingerprint density at radius 3 is 2.61 bits per heavy atom. The van der Waals surface area contributed by atoms with Crippen LogP contribution in [0.2, 0.25) is 0 Å². The molecule has 0 spiro atoms. The van der Waals surface area contributed by atoms with Crippen LogP contribution in [0.25, 0.3) is 22.6 Å². The molecule has 1 heterocycles. The van der Waals surface area contributed by atoms with Gasteiger partial charge in [-0.25, -0.2) is 9.37 Å². The zero-order valence-corrected chi connectivity index (χ0v) is 12.4. The predicted molar refractivity (Wildman–Crippen MR) is 85.4 cm³/mol. The van der Waals surface area contributed by atoms with Crippen molar-refractivity contribution in [2.24, 2.45) is 5.92 Å². The van der Waals surface area contributed by atoms with Crippen molar-refractivity contribution in [1.82, 2.24) is 4.98 Å². The lowest BCUT2D eigenvalue weighted by atomic mass is 9.85. The molecule has 0 radical (unpaired) electrons. The Morgan fingerprint density at radius 2 is 1.96 bits per heavy atom. The Labute approximate surface area is 132 Å². The van der Waals surface area contributed by atoms with Crippen molar-refractivity contribution >= 4 is 22.7 Å². The number of anilines is 1. The van der Waals surface area contributed by atoms with Crippen molar-refractivity contribution in [3.63, 3.8) is 0 Å². The number of hydrogen-bond donors (Lipinski definition) is 1. The van der Waals surface area contributed by atoms with Crippen molar-refractivity contribution in [3.8, 4) is 11.5 Å². The maximum atomic E-state index is 13.7. The van der Waals surface area contributed by atoms with E-state index in [9.17, 15) is 9.18 Å². The van der Waals surface area contributed by atoms with Gasteiger partial charge in [0.2, 0.25) is 11.8 Å². The summed E-state index contributed by atoms with van der Waals surface area (Å²) < 4.78 is 19.2. The molecular weight excluding hydrogens is 295 g/mol. The summed E-state index contributed by atoms with van der Waals surface area (Å²) in [5.41, 5.74) is 2.13. The highest BCUT2D eigenvalue weighted by atomic mass is 19.1. The molecule has 3 aromatic rings. The molecule has 0 saturated heterocycles. The molecule has 4 nitrogen and oxygen atoms in total. The van der Waals surface area contributed by atoms with Crippen LogP contribution in [0.5, 0.6) is 0 Å². The number of hydrogen-bond acceptors (Lipinski definition) is 3. The number of carbonyl (C=O) groups excluding carboxylic acids is 1. The van der Waals surface area contributed by atoms with E-state index < -0.39 is 5.82 Å². The molecule has 0 bridgehead atoms. The molecular formula is C18H15FN2O2. The summed E-state index contributed by atoms with van der Waals surface area (Å²) >= 11 is 0. The average Bonchev–Trinajstić information content (AvgIpc) is 2.91. The minimum atomic E-state index is -0.425. The Kier molecular flexibility index (Phi) is 3.33. The first-order valence-corrected chi connectivity index (χ1v) is 7.67. The first kappa shape index (κ1) is 13.9. The molecule has 2 aromatic carbocycles. The molecule has 116 valence electrons. The molecule has 5 heteroatoms. The third-order valence-corrected chi connectivity index (χ3v) is 4.24. The zero-order valence-electron chi connectivity index (χ0n) is 12.4. The van der Waals surface area contributed by atoms with E-state index in [0.717, 1.165) is 30.5 Å². The van der Waals surface area contributed by atoms with Crippen molar-refractivity contribution in [1.29, 1.82) is 0 Å². The molecule has 1 fully saturated rings. The highest BCUT2D eigenvalue weighted by Crippen LogP contribution is 2.29. The fourth-order valence-corrected chi connectivity index (χ4v) is 2.65. The minimum absolute atomic E-state index is 0.0768. The van der Waals surface area contributed by atoms with Crippen molar-refractivity contribution < 1.29 is 13.6 Å². The van der Waals surface area contributed by atoms with E-state index in [1.54, 1.807) is 36.4 Å². The van der Waals surface area contributed by atoms with Crippen LogP contribution in [0.1, 0.15) is 19.3 Å². The van der Waals surface area contributed by atoms with Gasteiger partial charge in [0.05, 0.1) is 0 Å². The second kappa shape index (κ2) is 5.50. The predicted octanol–water partition coefficient (Wildman–Crippen LogP) is 4.37. The monoisotopic (exact) mass is 310 g/mol. The van der Waals surface area contributed by atoms with Crippen molar-refractivity contribution in [3.05, 3.63) is 48.3 Å². The van der Waals surface area contributed by atoms with Crippen LogP contribution in [-0.2, 0) is 4.79 Å². The van der Waals surface area contributed by atoms with Gasteiger partial charge in [0.1, 0.15) is 5.52 Å². The van der Waals surface area contributed by atoms with E-state index in [4.69, 9.17) is 4.42 Å². The Balaban J connectivity index is 1.56. The van der Waals surface area contributed by atoms with Gasteiger partial charge in [-0.1, -0.05) is 12.5 Å². The SMILES string of the molecule is O=C(Nc1ccc(-c2nc3cccc(F)c3o2)cc1)C1CCC1. The fourth-order valence-electron chi connectivity index (χ4n) is 2.65. The van der Waals surface area contributed by atoms with Crippen LogP contribution in [0.4, 0.5) is 10.1 Å². The van der Waals surface area contributed by atoms with Gasteiger partial charge >= 0.3 is 0 Å². The van der Waals surface area contributed by atoms with Crippen LogP contribution in [0, 0.1) is 11.7 Å². The van der Waals surface area contributed by atoms with E-state index in [1.807, 2.05) is 0 Å². The van der Waals surface area contributed by atoms with E-state index in [1.165, 1.54) is 6.07 Å². The summed E-state index contributed by atoms with van der Waals surface area (Å²) in [6.07, 6.45) is 3.07. The number of para-hydroxylation sites is 1. The van der Waals surface area contributed by atoms with Crippen LogP contribution >= 0.6 is 0 Å². The smallest absolute Gasteiger partial charge is 0.227 e. The molecule has 23 heavy (non-hydrogen) atoms.